The predicted octanol–water partition coefficient (Wildman–Crippen LogP) is 2.77. The van der Waals surface area contributed by atoms with Gasteiger partial charge in [-0.3, -0.25) is 0 Å². The highest BCUT2D eigenvalue weighted by atomic mass is 35.5. The number of anilines is 2. The van der Waals surface area contributed by atoms with E-state index in [0.29, 0.717) is 29.5 Å². The first-order chi connectivity index (χ1) is 16.8. The van der Waals surface area contributed by atoms with E-state index in [0.717, 1.165) is 0 Å². The normalized spacial score (nSPS) is 15.6. The van der Waals surface area contributed by atoms with Gasteiger partial charge in [0.1, 0.15) is 0 Å². The van der Waals surface area contributed by atoms with Gasteiger partial charge in [0.05, 0.1) is 59.7 Å². The molecule has 0 amide bonds. The Bertz CT molecular complexity index is 1160. The van der Waals surface area contributed by atoms with Crippen LogP contribution in [0.4, 0.5) is 11.9 Å². The maximum absolute atomic E-state index is 13.2. The Labute approximate surface area is 212 Å². The highest BCUT2D eigenvalue weighted by Crippen LogP contribution is 2.43. The van der Waals surface area contributed by atoms with Crippen LogP contribution in [0.2, 0.25) is 10.0 Å². The lowest BCUT2D eigenvalue weighted by atomic mass is 9.80. The maximum Gasteiger partial charge on any atom is 0.336 e. The van der Waals surface area contributed by atoms with Crippen LogP contribution in [0.25, 0.3) is 0 Å². The highest BCUT2D eigenvalue weighted by Gasteiger charge is 2.40. The second-order valence-corrected chi connectivity index (χ2v) is 8.15. The molecular weight excluding hydrogens is 499 g/mol. The summed E-state index contributed by atoms with van der Waals surface area (Å²) in [6, 6.07) is 5.01. The van der Waals surface area contributed by atoms with E-state index in [1.807, 2.05) is 0 Å². The zero-order valence-electron chi connectivity index (χ0n) is 19.4. The first kappa shape index (κ1) is 26.3. The molecule has 0 radical (unpaired) electrons. The molecule has 0 bridgehead atoms. The van der Waals surface area contributed by atoms with Crippen LogP contribution < -0.4 is 16.4 Å². The zero-order chi connectivity index (χ0) is 25.5. The van der Waals surface area contributed by atoms with E-state index in [-0.39, 0.29) is 47.0 Å². The van der Waals surface area contributed by atoms with Crippen molar-refractivity contribution in [2.75, 3.05) is 44.5 Å². The summed E-state index contributed by atoms with van der Waals surface area (Å²) in [6.07, 6.45) is 0. The molecule has 1 aromatic heterocycles. The Balaban J connectivity index is 1.94. The lowest BCUT2D eigenvalue weighted by Crippen LogP contribution is -2.35. The monoisotopic (exact) mass is 524 g/mol. The third-order valence-corrected chi connectivity index (χ3v) is 5.95. The third-order valence-electron chi connectivity index (χ3n) is 5.12. The van der Waals surface area contributed by atoms with E-state index in [9.17, 15) is 9.59 Å². The van der Waals surface area contributed by atoms with E-state index in [1.54, 1.807) is 32.0 Å². The number of benzene rings is 1. The van der Waals surface area contributed by atoms with Crippen molar-refractivity contribution in [2.45, 2.75) is 19.8 Å². The highest BCUT2D eigenvalue weighted by molar-refractivity contribution is 6.42. The summed E-state index contributed by atoms with van der Waals surface area (Å²) in [5, 5.41) is 13.0. The zero-order valence-corrected chi connectivity index (χ0v) is 20.9. The number of aromatic amines is 1. The molecule has 0 aliphatic carbocycles. The molecule has 2 aromatic rings. The standard InChI is InChI=1S/C22H26Cl2N6O5/c1-4-35-20(32)17-14(10-34-9-8-26-22-28-21(25)29-30-22)27-11(2)15(19(31)33-3)16(17)12-6-5-7-13(23)18(12)24/h5-7,16,27H,4,8-10H2,1-3H3,(H4,25,26,28,29,30). The van der Waals surface area contributed by atoms with E-state index in [2.05, 4.69) is 25.8 Å². The number of carbonyl (C=O) groups is 2. The van der Waals surface area contributed by atoms with Crippen molar-refractivity contribution < 1.29 is 23.8 Å². The Kier molecular flexibility index (Phi) is 8.96. The molecule has 13 heteroatoms. The minimum atomic E-state index is -0.887. The van der Waals surface area contributed by atoms with Gasteiger partial charge in [0.15, 0.2) is 0 Å². The minimum absolute atomic E-state index is 0.0203. The fraction of sp³-hybridized carbons (Fsp3) is 0.364. The molecule has 0 spiro atoms. The molecule has 188 valence electrons. The van der Waals surface area contributed by atoms with E-state index < -0.39 is 17.9 Å². The van der Waals surface area contributed by atoms with Crippen LogP contribution in [-0.4, -0.2) is 60.6 Å². The van der Waals surface area contributed by atoms with Crippen LogP contribution in [0.1, 0.15) is 25.3 Å². The van der Waals surface area contributed by atoms with Crippen molar-refractivity contribution in [1.29, 1.82) is 0 Å². The molecule has 0 saturated carbocycles. The number of dihydropyridines is 1. The summed E-state index contributed by atoms with van der Waals surface area (Å²) in [5.41, 5.74) is 7.27. The Hall–Kier alpha value is -3.28. The van der Waals surface area contributed by atoms with Gasteiger partial charge in [0.25, 0.3) is 0 Å². The van der Waals surface area contributed by atoms with Gasteiger partial charge in [-0.2, -0.15) is 4.98 Å². The van der Waals surface area contributed by atoms with Gasteiger partial charge in [0, 0.05) is 12.2 Å². The summed E-state index contributed by atoms with van der Waals surface area (Å²) in [6.45, 7) is 4.18. The molecule has 1 aliphatic heterocycles. The van der Waals surface area contributed by atoms with Crippen LogP contribution in [0.3, 0.4) is 0 Å². The van der Waals surface area contributed by atoms with Gasteiger partial charge in [-0.25, -0.2) is 14.7 Å². The summed E-state index contributed by atoms with van der Waals surface area (Å²) < 4.78 is 16.1. The molecule has 1 aromatic carbocycles. The van der Waals surface area contributed by atoms with E-state index >= 15 is 0 Å². The first-order valence-corrected chi connectivity index (χ1v) is 11.4. The summed E-state index contributed by atoms with van der Waals surface area (Å²) >= 11 is 12.8. The third kappa shape index (κ3) is 6.05. The number of nitrogens with two attached hydrogens (primary N) is 1. The number of H-pyrrole nitrogens is 1. The summed E-state index contributed by atoms with van der Waals surface area (Å²) in [7, 11) is 1.26. The number of rotatable bonds is 10. The number of aromatic nitrogens is 3. The predicted molar refractivity (Wildman–Crippen MR) is 131 cm³/mol. The lowest BCUT2D eigenvalue weighted by Gasteiger charge is -2.31. The van der Waals surface area contributed by atoms with Crippen LogP contribution in [0, 0.1) is 0 Å². The second kappa shape index (κ2) is 11.9. The molecule has 3 rings (SSSR count). The lowest BCUT2D eigenvalue weighted by molar-refractivity contribution is -0.139. The SMILES string of the molecule is CCOC(=O)C1=C(COCCNc2n[nH]c(N)n2)NC(C)=C(C(=O)OC)C1c1cccc(Cl)c1Cl. The van der Waals surface area contributed by atoms with Crippen molar-refractivity contribution >= 4 is 47.0 Å². The number of allylic oxidation sites excluding steroid dienone is 1. The molecule has 5 N–H and O–H groups in total. The molecule has 35 heavy (non-hydrogen) atoms. The molecule has 0 saturated heterocycles. The van der Waals surface area contributed by atoms with E-state index in [4.69, 9.17) is 43.1 Å². The number of esters is 2. The van der Waals surface area contributed by atoms with Crippen molar-refractivity contribution in [3.8, 4) is 0 Å². The summed E-state index contributed by atoms with van der Waals surface area (Å²) in [4.78, 5) is 29.9. The Morgan fingerprint density at radius 2 is 2.00 bits per heavy atom. The van der Waals surface area contributed by atoms with Crippen LogP contribution in [0.15, 0.2) is 40.7 Å². The van der Waals surface area contributed by atoms with Crippen molar-refractivity contribution in [3.05, 3.63) is 56.3 Å². The first-order valence-electron chi connectivity index (χ1n) is 10.7. The number of hydrogen-bond acceptors (Lipinski definition) is 10. The van der Waals surface area contributed by atoms with Gasteiger partial charge < -0.3 is 30.6 Å². The van der Waals surface area contributed by atoms with Gasteiger partial charge in [-0.1, -0.05) is 35.3 Å². The molecular formula is C22H26Cl2N6O5. The van der Waals surface area contributed by atoms with Crippen molar-refractivity contribution in [2.24, 2.45) is 0 Å². The number of halogens is 2. The largest absolute Gasteiger partial charge is 0.466 e. The fourth-order valence-corrected chi connectivity index (χ4v) is 4.07. The average molecular weight is 525 g/mol. The molecule has 1 aliphatic rings. The molecule has 0 fully saturated rings. The molecule has 11 nitrogen and oxygen atoms in total. The Morgan fingerprint density at radius 3 is 2.66 bits per heavy atom. The van der Waals surface area contributed by atoms with E-state index in [1.165, 1.54) is 7.11 Å². The number of hydrogen-bond donors (Lipinski definition) is 4. The van der Waals surface area contributed by atoms with Crippen LogP contribution in [0.5, 0.6) is 0 Å². The smallest absolute Gasteiger partial charge is 0.336 e. The van der Waals surface area contributed by atoms with Gasteiger partial charge in [0.2, 0.25) is 11.9 Å². The van der Waals surface area contributed by atoms with Gasteiger partial charge >= 0.3 is 11.9 Å². The number of carbonyl (C=O) groups excluding carboxylic acids is 2. The number of ether oxygens (including phenoxy) is 3. The Morgan fingerprint density at radius 1 is 1.23 bits per heavy atom. The number of nitrogen functional groups attached to an aromatic ring is 1. The minimum Gasteiger partial charge on any atom is -0.466 e. The quantitative estimate of drug-likeness (QED) is 0.269. The molecule has 1 unspecified atom stereocenters. The summed E-state index contributed by atoms with van der Waals surface area (Å²) in [5.74, 6) is -1.60. The topological polar surface area (TPSA) is 153 Å². The molecule has 2 heterocycles. The maximum atomic E-state index is 13.2. The van der Waals surface area contributed by atoms with Gasteiger partial charge in [-0.15, -0.1) is 5.10 Å². The number of methoxy groups -OCH3 is 1. The van der Waals surface area contributed by atoms with Crippen LogP contribution in [-0.2, 0) is 23.8 Å². The van der Waals surface area contributed by atoms with Gasteiger partial charge in [-0.05, 0) is 25.5 Å². The second-order valence-electron chi connectivity index (χ2n) is 7.37. The number of nitrogens with zero attached hydrogens (tertiary/aromatic N) is 2. The average Bonchev–Trinajstić information content (AvgIpc) is 3.24. The van der Waals surface area contributed by atoms with Crippen molar-refractivity contribution in [3.63, 3.8) is 0 Å². The fourth-order valence-electron chi connectivity index (χ4n) is 3.66. The number of nitrogens with one attached hydrogen (secondary N) is 3. The van der Waals surface area contributed by atoms with Crippen LogP contribution >= 0.6 is 23.2 Å². The van der Waals surface area contributed by atoms with Crippen molar-refractivity contribution in [1.82, 2.24) is 20.5 Å². The molecule has 1 atom stereocenters.